The van der Waals surface area contributed by atoms with Crippen LogP contribution in [-0.2, 0) is 11.3 Å². The van der Waals surface area contributed by atoms with Crippen LogP contribution < -0.4 is 10.6 Å². The van der Waals surface area contributed by atoms with Gasteiger partial charge in [0.25, 0.3) is 0 Å². The maximum Gasteiger partial charge on any atom is 0.238 e. The van der Waals surface area contributed by atoms with E-state index in [1.807, 2.05) is 36.4 Å². The van der Waals surface area contributed by atoms with E-state index in [2.05, 4.69) is 36.8 Å². The number of hydrogen-bond acceptors (Lipinski definition) is 4. The fourth-order valence-electron chi connectivity index (χ4n) is 1.50. The molecule has 0 aliphatic carbocycles. The Morgan fingerprint density at radius 2 is 2.16 bits per heavy atom. The minimum atomic E-state index is -0.0954. The van der Waals surface area contributed by atoms with Gasteiger partial charge in [0.05, 0.1) is 12.2 Å². The second-order valence-corrected chi connectivity index (χ2v) is 4.79. The summed E-state index contributed by atoms with van der Waals surface area (Å²) in [5.74, 6) is -0.0954. The zero-order valence-corrected chi connectivity index (χ0v) is 11.7. The molecule has 2 N–H and O–H groups in total. The molecule has 1 heterocycles. The van der Waals surface area contributed by atoms with E-state index in [-0.39, 0.29) is 12.5 Å². The topological polar surface area (TPSA) is 66.9 Å². The maximum atomic E-state index is 11.7. The highest BCUT2D eigenvalue weighted by Crippen LogP contribution is 2.15. The van der Waals surface area contributed by atoms with Crippen LogP contribution in [0.3, 0.4) is 0 Å². The number of carbonyl (C=O) groups is 1. The average Bonchev–Trinajstić information content (AvgIpc) is 2.40. The second-order valence-electron chi connectivity index (χ2n) is 3.88. The van der Waals surface area contributed by atoms with Crippen molar-refractivity contribution in [3.63, 3.8) is 0 Å². The van der Waals surface area contributed by atoms with E-state index in [4.69, 9.17) is 0 Å². The summed E-state index contributed by atoms with van der Waals surface area (Å²) >= 11 is 3.35. The minimum absolute atomic E-state index is 0.0954. The van der Waals surface area contributed by atoms with Crippen molar-refractivity contribution >= 4 is 27.5 Å². The number of nitrogens with zero attached hydrogens (tertiary/aromatic N) is 2. The molecule has 1 aromatic heterocycles. The average molecular weight is 321 g/mol. The van der Waals surface area contributed by atoms with E-state index >= 15 is 0 Å². The summed E-state index contributed by atoms with van der Waals surface area (Å²) in [6.07, 6.45) is 1.61. The van der Waals surface area contributed by atoms with Gasteiger partial charge in [-0.05, 0) is 30.3 Å². The molecule has 0 bridgehead atoms. The molecule has 19 heavy (non-hydrogen) atoms. The summed E-state index contributed by atoms with van der Waals surface area (Å²) < 4.78 is 0.929. The van der Waals surface area contributed by atoms with Crippen molar-refractivity contribution in [2.75, 3.05) is 11.9 Å². The first-order valence-corrected chi connectivity index (χ1v) is 6.56. The third-order valence-corrected chi connectivity index (χ3v) is 2.82. The van der Waals surface area contributed by atoms with Crippen molar-refractivity contribution in [2.24, 2.45) is 0 Å². The van der Waals surface area contributed by atoms with Crippen LogP contribution in [0.25, 0.3) is 0 Å². The molecule has 0 fully saturated rings. The molecule has 0 atom stereocenters. The first-order valence-electron chi connectivity index (χ1n) is 5.77. The minimum Gasteiger partial charge on any atom is -0.325 e. The van der Waals surface area contributed by atoms with Crippen LogP contribution in [-0.4, -0.2) is 22.6 Å². The normalized spacial score (nSPS) is 10.2. The molecule has 0 aliphatic rings. The monoisotopic (exact) mass is 320 g/mol. The standard InChI is InChI=1S/C13H13BrN4O/c14-10-3-1-4-11(7-10)17-13(19)9-15-8-12-5-2-6-16-18-12/h1-7,15H,8-9H2,(H,17,19). The van der Waals surface area contributed by atoms with Gasteiger partial charge in [0.2, 0.25) is 5.91 Å². The molecule has 6 heteroatoms. The molecular weight excluding hydrogens is 308 g/mol. The van der Waals surface area contributed by atoms with Gasteiger partial charge < -0.3 is 10.6 Å². The van der Waals surface area contributed by atoms with Crippen LogP contribution in [0, 0.1) is 0 Å². The fourth-order valence-corrected chi connectivity index (χ4v) is 1.90. The van der Waals surface area contributed by atoms with Crippen LogP contribution in [0.2, 0.25) is 0 Å². The van der Waals surface area contributed by atoms with Crippen LogP contribution in [0.5, 0.6) is 0 Å². The first kappa shape index (κ1) is 13.6. The lowest BCUT2D eigenvalue weighted by atomic mass is 10.3. The smallest absolute Gasteiger partial charge is 0.238 e. The molecule has 5 nitrogen and oxygen atoms in total. The Bertz CT molecular complexity index is 547. The van der Waals surface area contributed by atoms with Crippen molar-refractivity contribution in [1.29, 1.82) is 0 Å². The molecule has 2 rings (SSSR count). The molecule has 0 saturated heterocycles. The number of rotatable bonds is 5. The van der Waals surface area contributed by atoms with Crippen LogP contribution in [0.15, 0.2) is 47.1 Å². The predicted octanol–water partition coefficient (Wildman–Crippen LogP) is 1.97. The van der Waals surface area contributed by atoms with Gasteiger partial charge in [0, 0.05) is 22.9 Å². The molecule has 1 aromatic carbocycles. The summed E-state index contributed by atoms with van der Waals surface area (Å²) in [6, 6.07) is 11.1. The van der Waals surface area contributed by atoms with E-state index in [1.54, 1.807) is 6.20 Å². The highest BCUT2D eigenvalue weighted by Gasteiger charge is 2.02. The van der Waals surface area contributed by atoms with Crippen LogP contribution >= 0.6 is 15.9 Å². The van der Waals surface area contributed by atoms with Crippen molar-refractivity contribution < 1.29 is 4.79 Å². The molecule has 1 amide bonds. The summed E-state index contributed by atoms with van der Waals surface area (Å²) in [5.41, 5.74) is 1.57. The Balaban J connectivity index is 1.76. The molecule has 2 aromatic rings. The lowest BCUT2D eigenvalue weighted by molar-refractivity contribution is -0.115. The fraction of sp³-hybridized carbons (Fsp3) is 0.154. The molecule has 0 aliphatic heterocycles. The second kappa shape index (κ2) is 6.96. The molecule has 0 unspecified atom stereocenters. The molecule has 0 spiro atoms. The number of anilines is 1. The number of amides is 1. The quantitative estimate of drug-likeness (QED) is 0.883. The predicted molar refractivity (Wildman–Crippen MR) is 76.5 cm³/mol. The summed E-state index contributed by atoms with van der Waals surface area (Å²) in [6.45, 7) is 0.739. The maximum absolute atomic E-state index is 11.7. The van der Waals surface area contributed by atoms with Gasteiger partial charge in [-0.1, -0.05) is 22.0 Å². The first-order chi connectivity index (χ1) is 9.24. The van der Waals surface area contributed by atoms with Crippen LogP contribution in [0.1, 0.15) is 5.69 Å². The lowest BCUT2D eigenvalue weighted by Crippen LogP contribution is -2.28. The van der Waals surface area contributed by atoms with Gasteiger partial charge in [-0.15, -0.1) is 0 Å². The van der Waals surface area contributed by atoms with Gasteiger partial charge >= 0.3 is 0 Å². The van der Waals surface area contributed by atoms with E-state index in [9.17, 15) is 4.79 Å². The zero-order valence-electron chi connectivity index (χ0n) is 10.1. The zero-order chi connectivity index (χ0) is 13.5. The largest absolute Gasteiger partial charge is 0.325 e. The molecule has 98 valence electrons. The summed E-state index contributed by atoms with van der Waals surface area (Å²) in [7, 11) is 0. The Hall–Kier alpha value is -1.79. The van der Waals surface area contributed by atoms with Gasteiger partial charge in [0.15, 0.2) is 0 Å². The van der Waals surface area contributed by atoms with Crippen molar-refractivity contribution in [3.8, 4) is 0 Å². The number of hydrogen-bond donors (Lipinski definition) is 2. The summed E-state index contributed by atoms with van der Waals surface area (Å²) in [5, 5.41) is 13.5. The number of nitrogens with one attached hydrogen (secondary N) is 2. The molecule has 0 radical (unpaired) electrons. The third-order valence-electron chi connectivity index (χ3n) is 2.33. The number of aromatic nitrogens is 2. The Morgan fingerprint density at radius 3 is 2.89 bits per heavy atom. The third kappa shape index (κ3) is 4.76. The van der Waals surface area contributed by atoms with Gasteiger partial charge in [-0.3, -0.25) is 4.79 Å². The van der Waals surface area contributed by atoms with Gasteiger partial charge in [-0.2, -0.15) is 10.2 Å². The highest BCUT2D eigenvalue weighted by molar-refractivity contribution is 9.10. The number of benzene rings is 1. The number of halogens is 1. The molecular formula is C13H13BrN4O. The number of carbonyl (C=O) groups excluding carboxylic acids is 1. The van der Waals surface area contributed by atoms with Gasteiger partial charge in [-0.25, -0.2) is 0 Å². The SMILES string of the molecule is O=C(CNCc1cccnn1)Nc1cccc(Br)c1. The highest BCUT2D eigenvalue weighted by atomic mass is 79.9. The molecule has 0 saturated carbocycles. The van der Waals surface area contributed by atoms with Gasteiger partial charge in [0.1, 0.15) is 0 Å². The lowest BCUT2D eigenvalue weighted by Gasteiger charge is -2.06. The van der Waals surface area contributed by atoms with Crippen LogP contribution in [0.4, 0.5) is 5.69 Å². The summed E-state index contributed by atoms with van der Waals surface area (Å²) in [4.78, 5) is 11.7. The van der Waals surface area contributed by atoms with E-state index in [1.165, 1.54) is 0 Å². The van der Waals surface area contributed by atoms with E-state index in [0.29, 0.717) is 6.54 Å². The Kier molecular flexibility index (Phi) is 5.00. The van der Waals surface area contributed by atoms with E-state index in [0.717, 1.165) is 15.9 Å². The van der Waals surface area contributed by atoms with E-state index < -0.39 is 0 Å². The van der Waals surface area contributed by atoms with Crippen molar-refractivity contribution in [2.45, 2.75) is 6.54 Å². The Labute approximate surface area is 119 Å². The van der Waals surface area contributed by atoms with Crippen molar-refractivity contribution in [3.05, 3.63) is 52.8 Å². The Morgan fingerprint density at radius 1 is 1.26 bits per heavy atom. The van der Waals surface area contributed by atoms with Crippen molar-refractivity contribution in [1.82, 2.24) is 15.5 Å².